The molecule has 0 bridgehead atoms. The molecule has 0 spiro atoms. The van der Waals surface area contributed by atoms with Gasteiger partial charge in [0.1, 0.15) is 0 Å². The summed E-state index contributed by atoms with van der Waals surface area (Å²) in [5.74, 6) is 0. The van der Waals surface area contributed by atoms with Gasteiger partial charge in [-0.05, 0) is 136 Å². The van der Waals surface area contributed by atoms with E-state index in [1.807, 2.05) is 0 Å². The first-order valence-corrected chi connectivity index (χ1v) is 8.11. The van der Waals surface area contributed by atoms with Gasteiger partial charge in [-0.2, -0.15) is 0 Å². The summed E-state index contributed by atoms with van der Waals surface area (Å²) in [6, 6.07) is 0. The van der Waals surface area contributed by atoms with Crippen LogP contribution in [0.25, 0.3) is 0 Å². The maximum atomic E-state index is 3.38. The first-order chi connectivity index (χ1) is 3.71. The zero-order chi connectivity index (χ0) is 7.71. The predicted octanol–water partition coefficient (Wildman–Crippen LogP) is 4.41. The van der Waals surface area contributed by atoms with Crippen molar-refractivity contribution in [2.75, 3.05) is 0 Å². The van der Waals surface area contributed by atoms with Gasteiger partial charge in [-0.15, -0.1) is 0 Å². The lowest BCUT2D eigenvalue weighted by Gasteiger charge is -2.22. The predicted molar refractivity (Wildman–Crippen MR) is 92.7 cm³/mol. The Morgan fingerprint density at radius 3 is 0.889 bits per heavy atom. The fourth-order valence-electron chi connectivity index (χ4n) is 0.161. The molecule has 9 heavy (non-hydrogen) atoms. The molecule has 56 valence electrons. The molecule has 0 aromatic heterocycles. The van der Waals surface area contributed by atoms with Gasteiger partial charge in [0.15, 0.2) is -0.882 Å². The van der Waals surface area contributed by atoms with Crippen LogP contribution in [0.5, 0.6) is 0 Å². The van der Waals surface area contributed by atoms with Crippen LogP contribution in [0.1, 0.15) is 0 Å². The summed E-state index contributed by atoms with van der Waals surface area (Å²) in [4.78, 5) is 0. The van der Waals surface area contributed by atoms with Crippen LogP contribution < -0.4 is 5.32 Å². The van der Waals surface area contributed by atoms with E-state index in [1.54, 1.807) is 0 Å². The van der Waals surface area contributed by atoms with Gasteiger partial charge < -0.3 is 0 Å². The highest BCUT2D eigenvalue weighted by atomic mass is 127. The number of alkyl halides is 6. The lowest BCUT2D eigenvalue weighted by atomic mass is 11.3. The Labute approximate surface area is 136 Å². The van der Waals surface area contributed by atoms with Crippen molar-refractivity contribution in [1.29, 1.82) is 0 Å². The fraction of sp³-hybridized carbons (Fsp3) is 1.00. The maximum Gasteiger partial charge on any atom is 0.176 e. The monoisotopic (exact) mass is 800 g/mol. The van der Waals surface area contributed by atoms with Crippen LogP contribution >= 0.6 is 136 Å². The normalized spacial score (nSPS) is 14.0. The Morgan fingerprint density at radius 1 is 0.667 bits per heavy atom. The second kappa shape index (κ2) is 5.28. The van der Waals surface area contributed by atoms with E-state index in [9.17, 15) is 0 Å². The molecule has 0 aliphatic heterocycles. The van der Waals surface area contributed by atoms with Gasteiger partial charge in [0.05, 0.1) is 0 Å². The Hall–Kier alpha value is 4.34. The Kier molecular flexibility index (Phi) is 7.82. The average Bonchev–Trinajstić information content (AvgIpc) is 1.14. The number of halogens is 6. The van der Waals surface area contributed by atoms with Crippen LogP contribution in [0, 0.1) is 0 Å². The van der Waals surface area contributed by atoms with Gasteiger partial charge >= 0.3 is 0 Å². The van der Waals surface area contributed by atoms with Gasteiger partial charge in [0.25, 0.3) is 0 Å². The molecule has 0 unspecified atom stereocenters. The van der Waals surface area contributed by atoms with Gasteiger partial charge in [0.2, 0.25) is 0 Å². The summed E-state index contributed by atoms with van der Waals surface area (Å²) in [6.07, 6.45) is 0. The summed E-state index contributed by atoms with van der Waals surface area (Å²) in [5.41, 5.74) is 0. The molecular formula is C2HI6N. The number of rotatable bonds is 2. The molecule has 0 aliphatic carbocycles. The first-order valence-electron chi connectivity index (χ1n) is 1.63. The van der Waals surface area contributed by atoms with E-state index in [2.05, 4.69) is 141 Å². The molecule has 0 aliphatic rings. The van der Waals surface area contributed by atoms with Gasteiger partial charge in [-0.1, -0.05) is 0 Å². The minimum Gasteiger partial charge on any atom is -0.255 e. The fourth-order valence-corrected chi connectivity index (χ4v) is 7.23. The van der Waals surface area contributed by atoms with Crippen LogP contribution in [-0.4, -0.2) is -0.882 Å². The smallest absolute Gasteiger partial charge is 0.176 e. The maximum absolute atomic E-state index is 3.38. The molecule has 1 N–H and O–H groups in total. The molecule has 0 amide bonds. The summed E-state index contributed by atoms with van der Waals surface area (Å²) >= 11 is 14.1. The molecule has 0 saturated carbocycles. The zero-order valence-corrected chi connectivity index (χ0v) is 16.7. The second-order valence-electron chi connectivity index (χ2n) is 1.12. The van der Waals surface area contributed by atoms with Crippen LogP contribution in [-0.2, 0) is 0 Å². The van der Waals surface area contributed by atoms with Crippen molar-refractivity contribution in [3.8, 4) is 0 Å². The Balaban J connectivity index is 3.75. The third-order valence-corrected chi connectivity index (χ3v) is 1.90. The summed E-state index contributed by atoms with van der Waals surface area (Å²) < 4.78 is 0.244. The van der Waals surface area contributed by atoms with E-state index in [-0.39, 0.29) is -0.882 Å². The Bertz CT molecular complexity index is 76.2. The van der Waals surface area contributed by atoms with Crippen LogP contribution in [0.4, 0.5) is 0 Å². The standard InChI is InChI=1S/C2HI6N/c3-1(4,5)9-2(6,7)8/h9H. The highest BCUT2D eigenvalue weighted by molar-refractivity contribution is 14.3. The van der Waals surface area contributed by atoms with Gasteiger partial charge in [-0.3, -0.25) is 5.32 Å². The summed E-state index contributed by atoms with van der Waals surface area (Å²) in [5, 5.41) is 3.38. The van der Waals surface area contributed by atoms with Crippen molar-refractivity contribution in [3.05, 3.63) is 0 Å². The molecule has 0 atom stereocenters. The molecule has 0 saturated heterocycles. The molecule has 0 aromatic carbocycles. The zero-order valence-electron chi connectivity index (χ0n) is 3.77. The van der Waals surface area contributed by atoms with Crippen LogP contribution in [0.2, 0.25) is 0 Å². The van der Waals surface area contributed by atoms with Crippen molar-refractivity contribution in [1.82, 2.24) is 5.32 Å². The van der Waals surface area contributed by atoms with Crippen LogP contribution in [0.15, 0.2) is 0 Å². The van der Waals surface area contributed by atoms with Crippen molar-refractivity contribution in [3.63, 3.8) is 0 Å². The largest absolute Gasteiger partial charge is 0.255 e. The van der Waals surface area contributed by atoms with Gasteiger partial charge in [-0.25, -0.2) is 0 Å². The van der Waals surface area contributed by atoms with Crippen molar-refractivity contribution < 1.29 is 0 Å². The van der Waals surface area contributed by atoms with E-state index in [0.29, 0.717) is 0 Å². The van der Waals surface area contributed by atoms with E-state index >= 15 is 0 Å². The molecule has 0 rings (SSSR count). The topological polar surface area (TPSA) is 12.0 Å². The minimum absolute atomic E-state index is 0.122. The van der Waals surface area contributed by atoms with Crippen molar-refractivity contribution in [2.45, 2.75) is -0.882 Å². The Morgan fingerprint density at radius 2 is 0.889 bits per heavy atom. The summed E-state index contributed by atoms with van der Waals surface area (Å²) in [6.45, 7) is 0. The third kappa shape index (κ3) is 12.3. The molecule has 0 fully saturated rings. The highest BCUT2D eigenvalue weighted by Gasteiger charge is 2.27. The SMILES string of the molecule is IC(I)(I)NC(I)(I)I. The lowest BCUT2D eigenvalue weighted by molar-refractivity contribution is 0.914. The van der Waals surface area contributed by atoms with Crippen molar-refractivity contribution in [2.24, 2.45) is 0 Å². The molecular weight excluding hydrogens is 799 g/mol. The summed E-state index contributed by atoms with van der Waals surface area (Å²) in [7, 11) is 0. The second-order valence-corrected chi connectivity index (χ2v) is 23.2. The van der Waals surface area contributed by atoms with E-state index in [0.717, 1.165) is 0 Å². The van der Waals surface area contributed by atoms with Gasteiger partial charge in [0, 0.05) is 0 Å². The first kappa shape index (κ1) is 13.3. The van der Waals surface area contributed by atoms with E-state index in [4.69, 9.17) is 0 Å². The molecule has 7 heteroatoms. The quantitative estimate of drug-likeness (QED) is 0.248. The van der Waals surface area contributed by atoms with E-state index < -0.39 is 0 Å². The van der Waals surface area contributed by atoms with Crippen LogP contribution in [0.3, 0.4) is 0 Å². The number of hydrogen-bond acceptors (Lipinski definition) is 1. The van der Waals surface area contributed by atoms with Crippen molar-refractivity contribution >= 4 is 136 Å². The number of nitrogens with one attached hydrogen (secondary N) is 1. The lowest BCUT2D eigenvalue weighted by Crippen LogP contribution is -2.35. The minimum atomic E-state index is 0.122. The molecule has 0 aromatic rings. The third-order valence-electron chi connectivity index (χ3n) is 0.283. The highest BCUT2D eigenvalue weighted by Crippen LogP contribution is 2.41. The molecule has 0 radical (unpaired) electrons. The molecule has 1 nitrogen and oxygen atoms in total. The van der Waals surface area contributed by atoms with E-state index in [1.165, 1.54) is 0 Å². The average molecular weight is 800 g/mol. The number of hydrogen-bond donors (Lipinski definition) is 1. The molecule has 0 heterocycles.